The lowest BCUT2D eigenvalue weighted by molar-refractivity contribution is 0.171. The molecule has 0 bridgehead atoms. The molecule has 1 aliphatic heterocycles. The minimum atomic E-state index is 0.586. The van der Waals surface area contributed by atoms with E-state index in [-0.39, 0.29) is 0 Å². The number of aryl methyl sites for hydroxylation is 1. The third-order valence-corrected chi connectivity index (χ3v) is 3.34. The normalized spacial score (nSPS) is 13.0. The first-order valence-corrected chi connectivity index (χ1v) is 7.26. The third kappa shape index (κ3) is 2.91. The number of ether oxygens (including phenoxy) is 2. The summed E-state index contributed by atoms with van der Waals surface area (Å²) in [5.74, 6) is 3.26. The van der Waals surface area contributed by atoms with Gasteiger partial charge >= 0.3 is 0 Å². The van der Waals surface area contributed by atoms with Crippen LogP contribution in [0.4, 0.5) is 5.82 Å². The molecule has 1 aliphatic rings. The smallest absolute Gasteiger partial charge is 0.162 e. The summed E-state index contributed by atoms with van der Waals surface area (Å²) in [6.45, 7) is 3.31. The summed E-state index contributed by atoms with van der Waals surface area (Å²) in [5.41, 5.74) is 1.91. The first-order valence-electron chi connectivity index (χ1n) is 7.26. The molecule has 1 aromatic carbocycles. The molecule has 0 atom stereocenters. The molecule has 2 aromatic rings. The van der Waals surface area contributed by atoms with Crippen molar-refractivity contribution in [2.45, 2.75) is 19.8 Å². The summed E-state index contributed by atoms with van der Waals surface area (Å²) in [4.78, 5) is 9.12. The molecular formula is C16H19N3O2. The molecule has 5 nitrogen and oxygen atoms in total. The van der Waals surface area contributed by atoms with Gasteiger partial charge in [0.2, 0.25) is 0 Å². The summed E-state index contributed by atoms with van der Waals surface area (Å²) in [7, 11) is 1.87. The number of aromatic nitrogens is 2. The van der Waals surface area contributed by atoms with E-state index in [9.17, 15) is 0 Å². The predicted octanol–water partition coefficient (Wildman–Crippen LogP) is 2.91. The average molecular weight is 285 g/mol. The van der Waals surface area contributed by atoms with Gasteiger partial charge in [0.1, 0.15) is 24.9 Å². The molecule has 0 aliphatic carbocycles. The molecule has 1 aromatic heterocycles. The van der Waals surface area contributed by atoms with Crippen LogP contribution in [-0.2, 0) is 6.42 Å². The van der Waals surface area contributed by atoms with Crippen molar-refractivity contribution >= 4 is 5.82 Å². The lowest BCUT2D eigenvalue weighted by atomic mass is 10.1. The van der Waals surface area contributed by atoms with E-state index < -0.39 is 0 Å². The summed E-state index contributed by atoms with van der Waals surface area (Å²) in [6.07, 6.45) is 1.89. The van der Waals surface area contributed by atoms with Gasteiger partial charge < -0.3 is 14.8 Å². The summed E-state index contributed by atoms with van der Waals surface area (Å²) >= 11 is 0. The Morgan fingerprint density at radius 1 is 1.10 bits per heavy atom. The van der Waals surface area contributed by atoms with Gasteiger partial charge in [-0.25, -0.2) is 9.97 Å². The zero-order chi connectivity index (χ0) is 14.7. The highest BCUT2D eigenvalue weighted by Crippen LogP contribution is 2.34. The highest BCUT2D eigenvalue weighted by atomic mass is 16.6. The van der Waals surface area contributed by atoms with Gasteiger partial charge in [-0.1, -0.05) is 6.92 Å². The standard InChI is InChI=1S/C16H19N3O2/c1-3-4-15-18-12(10-16(17-2)19-15)11-5-6-13-14(9-11)21-8-7-20-13/h5-6,9-10H,3-4,7-8H2,1-2H3,(H,17,18,19). The van der Waals surface area contributed by atoms with Crippen LogP contribution in [-0.4, -0.2) is 30.2 Å². The minimum Gasteiger partial charge on any atom is -0.486 e. The minimum absolute atomic E-state index is 0.586. The van der Waals surface area contributed by atoms with Gasteiger partial charge in [-0.2, -0.15) is 0 Å². The monoisotopic (exact) mass is 285 g/mol. The van der Waals surface area contributed by atoms with Gasteiger partial charge in [0.05, 0.1) is 5.69 Å². The molecule has 0 saturated heterocycles. The third-order valence-electron chi connectivity index (χ3n) is 3.34. The van der Waals surface area contributed by atoms with Crippen LogP contribution in [0.5, 0.6) is 11.5 Å². The molecule has 110 valence electrons. The van der Waals surface area contributed by atoms with Crippen molar-refractivity contribution in [1.29, 1.82) is 0 Å². The van der Waals surface area contributed by atoms with Crippen LogP contribution in [0.2, 0.25) is 0 Å². The Balaban J connectivity index is 2.00. The Labute approximate surface area is 124 Å². The largest absolute Gasteiger partial charge is 0.486 e. The molecule has 0 amide bonds. The molecule has 21 heavy (non-hydrogen) atoms. The fourth-order valence-electron chi connectivity index (χ4n) is 2.31. The summed E-state index contributed by atoms with van der Waals surface area (Å²) < 4.78 is 11.2. The maximum absolute atomic E-state index is 5.64. The number of nitrogens with zero attached hydrogens (tertiary/aromatic N) is 2. The van der Waals surface area contributed by atoms with Crippen LogP contribution in [0.3, 0.4) is 0 Å². The molecular weight excluding hydrogens is 266 g/mol. The van der Waals surface area contributed by atoms with Crippen molar-refractivity contribution in [3.05, 3.63) is 30.1 Å². The molecule has 0 radical (unpaired) electrons. The number of fused-ring (bicyclic) bond motifs is 1. The van der Waals surface area contributed by atoms with Crippen molar-refractivity contribution in [3.8, 4) is 22.8 Å². The van der Waals surface area contributed by atoms with Gasteiger partial charge in [0.15, 0.2) is 11.5 Å². The van der Waals surface area contributed by atoms with E-state index in [1.807, 2.05) is 31.3 Å². The van der Waals surface area contributed by atoms with Crippen molar-refractivity contribution in [2.24, 2.45) is 0 Å². The number of nitrogens with one attached hydrogen (secondary N) is 1. The second-order valence-electron chi connectivity index (χ2n) is 4.91. The SMILES string of the molecule is CCCc1nc(NC)cc(-c2ccc3c(c2)OCCO3)n1. The van der Waals surface area contributed by atoms with E-state index in [4.69, 9.17) is 9.47 Å². The van der Waals surface area contributed by atoms with Crippen LogP contribution in [0.25, 0.3) is 11.3 Å². The fourth-order valence-corrected chi connectivity index (χ4v) is 2.31. The summed E-state index contributed by atoms with van der Waals surface area (Å²) in [6, 6.07) is 7.87. The van der Waals surface area contributed by atoms with Gasteiger partial charge in [0, 0.05) is 25.1 Å². The van der Waals surface area contributed by atoms with E-state index in [2.05, 4.69) is 22.2 Å². The van der Waals surface area contributed by atoms with Gasteiger partial charge in [-0.3, -0.25) is 0 Å². The fraction of sp³-hybridized carbons (Fsp3) is 0.375. The number of hydrogen-bond acceptors (Lipinski definition) is 5. The van der Waals surface area contributed by atoms with Crippen LogP contribution < -0.4 is 14.8 Å². The van der Waals surface area contributed by atoms with Crippen LogP contribution in [0, 0.1) is 0 Å². The maximum atomic E-state index is 5.64. The Morgan fingerprint density at radius 3 is 2.67 bits per heavy atom. The molecule has 5 heteroatoms. The molecule has 1 N–H and O–H groups in total. The quantitative estimate of drug-likeness (QED) is 0.936. The lowest BCUT2D eigenvalue weighted by Crippen LogP contribution is -2.15. The van der Waals surface area contributed by atoms with Gasteiger partial charge in [-0.15, -0.1) is 0 Å². The van der Waals surface area contributed by atoms with Crippen LogP contribution >= 0.6 is 0 Å². The van der Waals surface area contributed by atoms with Crippen LogP contribution in [0.15, 0.2) is 24.3 Å². The van der Waals surface area contributed by atoms with E-state index >= 15 is 0 Å². The number of hydrogen-bond donors (Lipinski definition) is 1. The topological polar surface area (TPSA) is 56.3 Å². The maximum Gasteiger partial charge on any atom is 0.162 e. The zero-order valence-electron chi connectivity index (χ0n) is 12.3. The number of anilines is 1. The first kappa shape index (κ1) is 13.7. The van der Waals surface area contributed by atoms with E-state index in [0.29, 0.717) is 13.2 Å². The Bertz CT molecular complexity index is 643. The second-order valence-corrected chi connectivity index (χ2v) is 4.91. The molecule has 2 heterocycles. The van der Waals surface area contributed by atoms with Crippen molar-refractivity contribution in [3.63, 3.8) is 0 Å². The average Bonchev–Trinajstić information content (AvgIpc) is 2.54. The Hall–Kier alpha value is -2.30. The second kappa shape index (κ2) is 5.99. The van der Waals surface area contributed by atoms with Gasteiger partial charge in [-0.05, 0) is 24.6 Å². The predicted molar refractivity (Wildman–Crippen MR) is 82.0 cm³/mol. The lowest BCUT2D eigenvalue weighted by Gasteiger charge is -2.19. The van der Waals surface area contributed by atoms with E-state index in [0.717, 1.165) is 47.2 Å². The van der Waals surface area contributed by atoms with Gasteiger partial charge in [0.25, 0.3) is 0 Å². The first-order chi connectivity index (χ1) is 10.3. The number of rotatable bonds is 4. The highest BCUT2D eigenvalue weighted by molar-refractivity contribution is 5.66. The zero-order valence-corrected chi connectivity index (χ0v) is 12.3. The molecule has 0 fully saturated rings. The van der Waals surface area contributed by atoms with Crippen LogP contribution in [0.1, 0.15) is 19.2 Å². The van der Waals surface area contributed by atoms with E-state index in [1.165, 1.54) is 0 Å². The number of benzene rings is 1. The molecule has 0 spiro atoms. The Morgan fingerprint density at radius 2 is 1.90 bits per heavy atom. The Kier molecular flexibility index (Phi) is 3.90. The molecule has 0 saturated carbocycles. The molecule has 0 unspecified atom stereocenters. The summed E-state index contributed by atoms with van der Waals surface area (Å²) in [5, 5.41) is 3.09. The highest BCUT2D eigenvalue weighted by Gasteiger charge is 2.14. The van der Waals surface area contributed by atoms with Crippen molar-refractivity contribution < 1.29 is 9.47 Å². The van der Waals surface area contributed by atoms with Crippen molar-refractivity contribution in [1.82, 2.24) is 9.97 Å². The molecule has 3 rings (SSSR count). The van der Waals surface area contributed by atoms with Crippen molar-refractivity contribution in [2.75, 3.05) is 25.6 Å². The van der Waals surface area contributed by atoms with E-state index in [1.54, 1.807) is 0 Å².